The summed E-state index contributed by atoms with van der Waals surface area (Å²) in [5, 5.41) is 10.3. The highest BCUT2D eigenvalue weighted by Gasteiger charge is 2.34. The van der Waals surface area contributed by atoms with E-state index >= 15 is 0 Å². The van der Waals surface area contributed by atoms with Gasteiger partial charge in [0, 0.05) is 18.7 Å². The fraction of sp³-hybridized carbons (Fsp3) is 0.0769. The van der Waals surface area contributed by atoms with Crippen LogP contribution in [0.4, 0.5) is 10.5 Å². The van der Waals surface area contributed by atoms with Crippen LogP contribution in [0.15, 0.2) is 41.8 Å². The zero-order valence-corrected chi connectivity index (χ0v) is 11.1. The molecule has 1 heterocycles. The number of benzene rings is 1. The van der Waals surface area contributed by atoms with E-state index in [4.69, 9.17) is 0 Å². The minimum Gasteiger partial charge on any atom is -0.268 e. The van der Waals surface area contributed by atoms with Crippen molar-refractivity contribution in [1.82, 2.24) is 4.90 Å². The molecule has 1 saturated heterocycles. The Morgan fingerprint density at radius 3 is 2.80 bits per heavy atom. The third kappa shape index (κ3) is 2.77. The molecule has 0 atom stereocenters. The van der Waals surface area contributed by atoms with Gasteiger partial charge in [-0.05, 0) is 23.4 Å². The lowest BCUT2D eigenvalue weighted by molar-refractivity contribution is -0.384. The standard InChI is InChI=1S/C13H10N2O4S/c1-2-6-14-12(16)11(20-13(14)17)8-9-4-3-5-10(7-9)15(18)19/h2-5,7-8H,1,6H2. The maximum atomic E-state index is 12.0. The van der Waals surface area contributed by atoms with Crippen LogP contribution >= 0.6 is 11.8 Å². The molecule has 1 aromatic rings. The first-order valence-electron chi connectivity index (χ1n) is 5.63. The molecule has 7 heteroatoms. The first-order chi connectivity index (χ1) is 9.52. The Morgan fingerprint density at radius 1 is 1.40 bits per heavy atom. The van der Waals surface area contributed by atoms with Crippen molar-refractivity contribution < 1.29 is 14.5 Å². The molecule has 0 N–H and O–H groups in total. The number of rotatable bonds is 4. The van der Waals surface area contributed by atoms with Crippen molar-refractivity contribution in [3.8, 4) is 0 Å². The van der Waals surface area contributed by atoms with E-state index in [1.165, 1.54) is 30.4 Å². The summed E-state index contributed by atoms with van der Waals surface area (Å²) in [6.45, 7) is 3.63. The van der Waals surface area contributed by atoms with Crippen LogP contribution in [-0.4, -0.2) is 27.5 Å². The summed E-state index contributed by atoms with van der Waals surface area (Å²) in [6.07, 6.45) is 2.94. The summed E-state index contributed by atoms with van der Waals surface area (Å²) in [4.78, 5) is 35.1. The van der Waals surface area contributed by atoms with Gasteiger partial charge in [-0.2, -0.15) is 0 Å². The Hall–Kier alpha value is -2.41. The summed E-state index contributed by atoms with van der Waals surface area (Å²) in [7, 11) is 0. The van der Waals surface area contributed by atoms with E-state index < -0.39 is 10.8 Å². The number of amides is 2. The second-order valence-electron chi connectivity index (χ2n) is 3.93. The molecule has 0 saturated carbocycles. The van der Waals surface area contributed by atoms with Crippen LogP contribution in [0.2, 0.25) is 0 Å². The Bertz CT molecular complexity index is 639. The van der Waals surface area contributed by atoms with Crippen LogP contribution in [0.3, 0.4) is 0 Å². The average molecular weight is 290 g/mol. The minimum atomic E-state index is -0.513. The molecule has 102 valence electrons. The SMILES string of the molecule is C=CCN1C(=O)SC(=Cc2cccc([N+](=O)[O-])c2)C1=O. The van der Waals surface area contributed by atoms with Gasteiger partial charge in [0.1, 0.15) is 0 Å². The molecule has 0 aliphatic carbocycles. The summed E-state index contributed by atoms with van der Waals surface area (Å²) < 4.78 is 0. The number of hydrogen-bond donors (Lipinski definition) is 0. The molecule has 0 bridgehead atoms. The minimum absolute atomic E-state index is 0.0657. The van der Waals surface area contributed by atoms with Crippen LogP contribution in [0.25, 0.3) is 6.08 Å². The second kappa shape index (κ2) is 5.70. The fourth-order valence-corrected chi connectivity index (χ4v) is 2.51. The molecule has 0 unspecified atom stereocenters. The summed E-state index contributed by atoms with van der Waals surface area (Å²) in [5.74, 6) is -0.411. The van der Waals surface area contributed by atoms with Crippen molar-refractivity contribution in [3.63, 3.8) is 0 Å². The van der Waals surface area contributed by atoms with Gasteiger partial charge in [0.05, 0.1) is 9.83 Å². The van der Waals surface area contributed by atoms with Crippen LogP contribution in [0.5, 0.6) is 0 Å². The van der Waals surface area contributed by atoms with Crippen molar-refractivity contribution >= 4 is 34.7 Å². The van der Waals surface area contributed by atoms with E-state index in [-0.39, 0.29) is 22.4 Å². The van der Waals surface area contributed by atoms with Crippen molar-refractivity contribution in [3.05, 3.63) is 57.5 Å². The molecule has 1 aromatic carbocycles. The highest BCUT2D eigenvalue weighted by molar-refractivity contribution is 8.18. The molecule has 0 spiro atoms. The lowest BCUT2D eigenvalue weighted by Gasteiger charge is -2.07. The number of nitro benzene ring substituents is 1. The van der Waals surface area contributed by atoms with Gasteiger partial charge >= 0.3 is 0 Å². The van der Waals surface area contributed by atoms with E-state index in [0.29, 0.717) is 5.56 Å². The maximum Gasteiger partial charge on any atom is 0.293 e. The molecule has 1 aliphatic rings. The molecule has 20 heavy (non-hydrogen) atoms. The average Bonchev–Trinajstić information content (AvgIpc) is 2.67. The molecule has 0 radical (unpaired) electrons. The Balaban J connectivity index is 2.30. The zero-order chi connectivity index (χ0) is 14.7. The van der Waals surface area contributed by atoms with Crippen molar-refractivity contribution in [2.24, 2.45) is 0 Å². The van der Waals surface area contributed by atoms with Gasteiger partial charge < -0.3 is 0 Å². The van der Waals surface area contributed by atoms with E-state index in [2.05, 4.69) is 6.58 Å². The maximum absolute atomic E-state index is 12.0. The van der Waals surface area contributed by atoms with Crippen LogP contribution < -0.4 is 0 Å². The van der Waals surface area contributed by atoms with Crippen molar-refractivity contribution in [1.29, 1.82) is 0 Å². The quantitative estimate of drug-likeness (QED) is 0.368. The zero-order valence-electron chi connectivity index (χ0n) is 10.3. The number of hydrogen-bond acceptors (Lipinski definition) is 5. The number of imide groups is 1. The number of carbonyl (C=O) groups excluding carboxylic acids is 2. The van der Waals surface area contributed by atoms with Crippen LogP contribution in [0, 0.1) is 10.1 Å². The highest BCUT2D eigenvalue weighted by atomic mass is 32.2. The number of thioether (sulfide) groups is 1. The topological polar surface area (TPSA) is 80.5 Å². The van der Waals surface area contributed by atoms with Gasteiger partial charge in [0.25, 0.3) is 16.8 Å². The largest absolute Gasteiger partial charge is 0.293 e. The van der Waals surface area contributed by atoms with Crippen molar-refractivity contribution in [2.75, 3.05) is 6.54 Å². The van der Waals surface area contributed by atoms with Crippen molar-refractivity contribution in [2.45, 2.75) is 0 Å². The molecule has 2 rings (SSSR count). The number of non-ortho nitro benzene ring substituents is 1. The predicted molar refractivity (Wildman–Crippen MR) is 76.0 cm³/mol. The van der Waals surface area contributed by atoms with Gasteiger partial charge in [-0.25, -0.2) is 0 Å². The van der Waals surface area contributed by atoms with Gasteiger partial charge in [-0.1, -0.05) is 18.2 Å². The summed E-state index contributed by atoms with van der Waals surface area (Å²) in [6, 6.07) is 5.87. The van der Waals surface area contributed by atoms with Crippen LogP contribution in [-0.2, 0) is 4.79 Å². The van der Waals surface area contributed by atoms with Gasteiger partial charge in [-0.15, -0.1) is 6.58 Å². The number of carbonyl (C=O) groups is 2. The molecular formula is C13H10N2O4S. The Morgan fingerprint density at radius 2 is 2.15 bits per heavy atom. The van der Waals surface area contributed by atoms with E-state index in [1.807, 2.05) is 0 Å². The summed E-state index contributed by atoms with van der Waals surface area (Å²) >= 11 is 0.812. The fourth-order valence-electron chi connectivity index (χ4n) is 1.67. The highest BCUT2D eigenvalue weighted by Crippen LogP contribution is 2.32. The van der Waals surface area contributed by atoms with Gasteiger partial charge in [0.2, 0.25) is 0 Å². The first-order valence-corrected chi connectivity index (χ1v) is 6.45. The first kappa shape index (κ1) is 14.0. The van der Waals surface area contributed by atoms with Gasteiger partial charge in [-0.3, -0.25) is 24.6 Å². The second-order valence-corrected chi connectivity index (χ2v) is 4.93. The third-order valence-corrected chi connectivity index (χ3v) is 3.47. The van der Waals surface area contributed by atoms with E-state index in [9.17, 15) is 19.7 Å². The van der Waals surface area contributed by atoms with E-state index in [1.54, 1.807) is 6.07 Å². The lowest BCUT2D eigenvalue weighted by Crippen LogP contribution is -2.27. The monoisotopic (exact) mass is 290 g/mol. The number of nitrogens with zero attached hydrogens (tertiary/aromatic N) is 2. The number of nitro groups is 1. The lowest BCUT2D eigenvalue weighted by atomic mass is 10.2. The Labute approximate surface area is 118 Å². The molecular weight excluding hydrogens is 280 g/mol. The molecule has 6 nitrogen and oxygen atoms in total. The summed E-state index contributed by atoms with van der Waals surface area (Å²) in [5.41, 5.74) is 0.437. The third-order valence-electron chi connectivity index (χ3n) is 2.56. The molecule has 0 aromatic heterocycles. The Kier molecular flexibility index (Phi) is 3.99. The van der Waals surface area contributed by atoms with E-state index in [0.717, 1.165) is 16.7 Å². The van der Waals surface area contributed by atoms with Gasteiger partial charge in [0.15, 0.2) is 0 Å². The molecule has 1 fully saturated rings. The normalized spacial score (nSPS) is 16.8. The van der Waals surface area contributed by atoms with Crippen LogP contribution in [0.1, 0.15) is 5.56 Å². The molecule has 2 amide bonds. The molecule has 1 aliphatic heterocycles. The smallest absolute Gasteiger partial charge is 0.268 e. The predicted octanol–water partition coefficient (Wildman–Crippen LogP) is 2.82.